The van der Waals surface area contributed by atoms with E-state index in [4.69, 9.17) is 9.47 Å². The predicted octanol–water partition coefficient (Wildman–Crippen LogP) is 4.74. The fourth-order valence-electron chi connectivity index (χ4n) is 3.04. The highest BCUT2D eigenvalue weighted by atomic mass is 16.5. The zero-order chi connectivity index (χ0) is 22.3. The highest BCUT2D eigenvalue weighted by Crippen LogP contribution is 2.28. The van der Waals surface area contributed by atoms with Crippen LogP contribution in [0.4, 0.5) is 5.69 Å². The second-order valence-corrected chi connectivity index (χ2v) is 7.51. The molecule has 1 amide bonds. The van der Waals surface area contributed by atoms with E-state index < -0.39 is 11.9 Å². The van der Waals surface area contributed by atoms with Crippen LogP contribution in [0.15, 0.2) is 42.5 Å². The third kappa shape index (κ3) is 6.11. The van der Waals surface area contributed by atoms with Crippen molar-refractivity contribution in [2.45, 2.75) is 33.1 Å². The summed E-state index contributed by atoms with van der Waals surface area (Å²) in [6, 6.07) is 10.8. The number of rotatable bonds is 9. The Kier molecular flexibility index (Phi) is 8.04. The van der Waals surface area contributed by atoms with Crippen molar-refractivity contribution in [2.24, 2.45) is 5.92 Å². The molecule has 160 valence electrons. The van der Waals surface area contributed by atoms with Gasteiger partial charge in [0.05, 0.1) is 20.1 Å². The number of aliphatic carboxylic acids is 1. The largest absolute Gasteiger partial charge is 0.493 e. The Balaban J connectivity index is 2.24. The number of benzene rings is 2. The highest BCUT2D eigenvalue weighted by Gasteiger charge is 2.16. The third-order valence-corrected chi connectivity index (χ3v) is 4.73. The summed E-state index contributed by atoms with van der Waals surface area (Å²) in [7, 11) is 3.12. The van der Waals surface area contributed by atoms with E-state index in [1.165, 1.54) is 6.08 Å². The van der Waals surface area contributed by atoms with Gasteiger partial charge >= 0.3 is 5.97 Å². The van der Waals surface area contributed by atoms with Crippen molar-refractivity contribution in [3.63, 3.8) is 0 Å². The van der Waals surface area contributed by atoms with Crippen molar-refractivity contribution < 1.29 is 24.2 Å². The number of hydrogen-bond acceptors (Lipinski definition) is 4. The second kappa shape index (κ2) is 10.5. The van der Waals surface area contributed by atoms with E-state index in [1.807, 2.05) is 18.2 Å². The van der Waals surface area contributed by atoms with Gasteiger partial charge in [0.15, 0.2) is 11.5 Å². The standard InChI is InChI=1S/C24H29NO5/c1-15(2)12-19-9-8-18(16(3)24(27)28)14-20(19)25-23(26)11-7-17-6-10-21(29-4)22(13-17)30-5/h6-11,13-16H,12H2,1-5H3,(H,25,26)(H,27,28)/b11-7+. The number of nitrogens with one attached hydrogen (secondary N) is 1. The van der Waals surface area contributed by atoms with Crippen molar-refractivity contribution in [3.05, 3.63) is 59.2 Å². The smallest absolute Gasteiger partial charge is 0.310 e. The van der Waals surface area contributed by atoms with Crippen LogP contribution < -0.4 is 14.8 Å². The molecule has 0 saturated carbocycles. The van der Waals surface area contributed by atoms with E-state index in [1.54, 1.807) is 45.4 Å². The molecule has 2 aromatic rings. The number of carbonyl (C=O) groups is 2. The van der Waals surface area contributed by atoms with Crippen molar-refractivity contribution in [2.75, 3.05) is 19.5 Å². The molecular formula is C24H29NO5. The minimum Gasteiger partial charge on any atom is -0.493 e. The van der Waals surface area contributed by atoms with Crippen LogP contribution in [0, 0.1) is 5.92 Å². The van der Waals surface area contributed by atoms with Crippen LogP contribution in [-0.2, 0) is 16.0 Å². The summed E-state index contributed by atoms with van der Waals surface area (Å²) in [5, 5.41) is 12.2. The second-order valence-electron chi connectivity index (χ2n) is 7.51. The Morgan fingerprint density at radius 2 is 1.73 bits per heavy atom. The van der Waals surface area contributed by atoms with Crippen molar-refractivity contribution in [1.29, 1.82) is 0 Å². The number of carbonyl (C=O) groups excluding carboxylic acids is 1. The van der Waals surface area contributed by atoms with E-state index in [2.05, 4.69) is 19.2 Å². The molecule has 0 heterocycles. The van der Waals surface area contributed by atoms with Crippen LogP contribution in [0.25, 0.3) is 6.08 Å². The van der Waals surface area contributed by atoms with Gasteiger partial charge in [-0.05, 0) is 60.2 Å². The maximum atomic E-state index is 12.5. The molecule has 0 fully saturated rings. The Labute approximate surface area is 177 Å². The molecule has 6 heteroatoms. The van der Waals surface area contributed by atoms with Crippen molar-refractivity contribution >= 4 is 23.6 Å². The zero-order valence-corrected chi connectivity index (χ0v) is 18.1. The molecule has 2 rings (SSSR count). The number of amides is 1. The summed E-state index contributed by atoms with van der Waals surface area (Å²) in [6.07, 6.45) is 3.90. The Morgan fingerprint density at radius 3 is 2.33 bits per heavy atom. The first-order valence-corrected chi connectivity index (χ1v) is 9.81. The first-order valence-electron chi connectivity index (χ1n) is 9.81. The van der Waals surface area contributed by atoms with Gasteiger partial charge in [0.1, 0.15) is 0 Å². The van der Waals surface area contributed by atoms with Gasteiger partial charge in [-0.1, -0.05) is 32.0 Å². The zero-order valence-electron chi connectivity index (χ0n) is 18.1. The monoisotopic (exact) mass is 411 g/mol. The molecule has 6 nitrogen and oxygen atoms in total. The van der Waals surface area contributed by atoms with Crippen LogP contribution in [0.3, 0.4) is 0 Å². The van der Waals surface area contributed by atoms with Gasteiger partial charge in [-0.2, -0.15) is 0 Å². The van der Waals surface area contributed by atoms with E-state index in [9.17, 15) is 14.7 Å². The number of ether oxygens (including phenoxy) is 2. The average molecular weight is 411 g/mol. The summed E-state index contributed by atoms with van der Waals surface area (Å²) >= 11 is 0. The first kappa shape index (κ1) is 23.0. The summed E-state index contributed by atoms with van der Waals surface area (Å²) in [6.45, 7) is 5.81. The lowest BCUT2D eigenvalue weighted by molar-refractivity contribution is -0.138. The minimum atomic E-state index is -0.905. The van der Waals surface area contributed by atoms with E-state index in [0.29, 0.717) is 28.7 Å². The number of methoxy groups -OCH3 is 2. The van der Waals surface area contributed by atoms with Gasteiger partial charge in [0.2, 0.25) is 5.91 Å². The molecular weight excluding hydrogens is 382 g/mol. The van der Waals surface area contributed by atoms with Crippen LogP contribution in [0.5, 0.6) is 11.5 Å². The number of carboxylic acid groups (broad SMARTS) is 1. The molecule has 0 aliphatic heterocycles. The Hall–Kier alpha value is -3.28. The lowest BCUT2D eigenvalue weighted by atomic mass is 9.95. The minimum absolute atomic E-state index is 0.296. The van der Waals surface area contributed by atoms with Gasteiger partial charge in [0.25, 0.3) is 0 Å². The summed E-state index contributed by atoms with van der Waals surface area (Å²) in [4.78, 5) is 23.9. The van der Waals surface area contributed by atoms with Gasteiger partial charge in [-0.3, -0.25) is 9.59 Å². The maximum Gasteiger partial charge on any atom is 0.310 e. The fourth-order valence-corrected chi connectivity index (χ4v) is 3.04. The van der Waals surface area contributed by atoms with Crippen LogP contribution in [-0.4, -0.2) is 31.2 Å². The van der Waals surface area contributed by atoms with Crippen molar-refractivity contribution in [3.8, 4) is 11.5 Å². The van der Waals surface area contributed by atoms with Crippen molar-refractivity contribution in [1.82, 2.24) is 0 Å². The molecule has 0 radical (unpaired) electrons. The average Bonchev–Trinajstić information content (AvgIpc) is 2.72. The van der Waals surface area contributed by atoms with E-state index in [0.717, 1.165) is 17.5 Å². The fraction of sp³-hybridized carbons (Fsp3) is 0.333. The predicted molar refractivity (Wildman–Crippen MR) is 118 cm³/mol. The van der Waals surface area contributed by atoms with Crippen LogP contribution in [0.1, 0.15) is 43.4 Å². The number of anilines is 1. The normalized spacial score (nSPS) is 12.1. The first-order chi connectivity index (χ1) is 14.2. The molecule has 0 aromatic heterocycles. The van der Waals surface area contributed by atoms with Crippen LogP contribution >= 0.6 is 0 Å². The quantitative estimate of drug-likeness (QED) is 0.582. The summed E-state index contributed by atoms with van der Waals surface area (Å²) in [5.41, 5.74) is 3.04. The molecule has 2 N–H and O–H groups in total. The lowest BCUT2D eigenvalue weighted by Gasteiger charge is -2.15. The van der Waals surface area contributed by atoms with E-state index >= 15 is 0 Å². The Morgan fingerprint density at radius 1 is 1.03 bits per heavy atom. The number of hydrogen-bond donors (Lipinski definition) is 2. The van der Waals surface area contributed by atoms with Crippen LogP contribution in [0.2, 0.25) is 0 Å². The molecule has 0 aliphatic rings. The van der Waals surface area contributed by atoms with Gasteiger partial charge in [-0.15, -0.1) is 0 Å². The van der Waals surface area contributed by atoms with Gasteiger partial charge < -0.3 is 19.9 Å². The molecule has 0 saturated heterocycles. The molecule has 0 aliphatic carbocycles. The lowest BCUT2D eigenvalue weighted by Crippen LogP contribution is -2.13. The molecule has 1 atom stereocenters. The molecule has 0 bridgehead atoms. The Bertz CT molecular complexity index is 933. The summed E-state index contributed by atoms with van der Waals surface area (Å²) < 4.78 is 10.5. The molecule has 30 heavy (non-hydrogen) atoms. The number of carboxylic acids is 1. The van der Waals surface area contributed by atoms with Gasteiger partial charge in [-0.25, -0.2) is 0 Å². The molecule has 2 aromatic carbocycles. The SMILES string of the molecule is COc1ccc(/C=C/C(=O)Nc2cc(C(C)C(=O)O)ccc2CC(C)C)cc1OC. The van der Waals surface area contributed by atoms with E-state index in [-0.39, 0.29) is 5.91 Å². The molecule has 0 spiro atoms. The maximum absolute atomic E-state index is 12.5. The summed E-state index contributed by atoms with van der Waals surface area (Å²) in [5.74, 6) is -0.273. The molecule has 1 unspecified atom stereocenters. The van der Waals surface area contributed by atoms with Gasteiger partial charge in [0, 0.05) is 11.8 Å². The topological polar surface area (TPSA) is 84.9 Å². The third-order valence-electron chi connectivity index (χ3n) is 4.73. The highest BCUT2D eigenvalue weighted by molar-refractivity contribution is 6.02.